The molecule has 0 bridgehead atoms. The van der Waals surface area contributed by atoms with Crippen molar-refractivity contribution >= 4 is 45.0 Å². The zero-order chi connectivity index (χ0) is 15.8. The van der Waals surface area contributed by atoms with Gasteiger partial charge in [0.2, 0.25) is 10.0 Å². The molecule has 0 aliphatic carbocycles. The van der Waals surface area contributed by atoms with E-state index < -0.39 is 20.7 Å². The van der Waals surface area contributed by atoms with Gasteiger partial charge >= 0.3 is 0 Å². The van der Waals surface area contributed by atoms with Crippen LogP contribution in [0.5, 0.6) is 0 Å². The zero-order valence-electron chi connectivity index (χ0n) is 11.6. The van der Waals surface area contributed by atoms with Gasteiger partial charge in [-0.2, -0.15) is 16.1 Å². The second kappa shape index (κ2) is 6.62. The molecule has 1 saturated heterocycles. The number of nitrogens with zero attached hydrogens (tertiary/aromatic N) is 1. The lowest BCUT2D eigenvalue weighted by atomic mass is 10.2. The van der Waals surface area contributed by atoms with Crippen molar-refractivity contribution in [3.05, 3.63) is 28.5 Å². The lowest BCUT2D eigenvalue weighted by molar-refractivity contribution is 0.338. The van der Waals surface area contributed by atoms with Gasteiger partial charge in [0.05, 0.1) is 5.88 Å². The second-order valence-corrected chi connectivity index (χ2v) is 8.99. The van der Waals surface area contributed by atoms with E-state index in [0.717, 1.165) is 6.07 Å². The topological polar surface area (TPSA) is 37.4 Å². The van der Waals surface area contributed by atoms with Crippen molar-refractivity contribution in [2.75, 3.05) is 12.3 Å². The SMILES string of the molecule is CC1SCCN(S(=O)(=O)c2cc(Cl)cc(CCl)c2F)C1C. The van der Waals surface area contributed by atoms with E-state index in [2.05, 4.69) is 0 Å². The molecule has 0 radical (unpaired) electrons. The molecule has 0 N–H and O–H groups in total. The predicted molar refractivity (Wildman–Crippen MR) is 86.2 cm³/mol. The van der Waals surface area contributed by atoms with Gasteiger partial charge in [-0.05, 0) is 19.1 Å². The van der Waals surface area contributed by atoms with Crippen LogP contribution in [0.15, 0.2) is 17.0 Å². The fraction of sp³-hybridized carbons (Fsp3) is 0.538. The Labute approximate surface area is 138 Å². The van der Waals surface area contributed by atoms with Gasteiger partial charge in [0.15, 0.2) is 0 Å². The maximum Gasteiger partial charge on any atom is 0.246 e. The average molecular weight is 372 g/mol. The minimum Gasteiger partial charge on any atom is -0.207 e. The van der Waals surface area contributed by atoms with Crippen LogP contribution < -0.4 is 0 Å². The zero-order valence-corrected chi connectivity index (χ0v) is 14.8. The van der Waals surface area contributed by atoms with Gasteiger partial charge in [-0.15, -0.1) is 11.6 Å². The smallest absolute Gasteiger partial charge is 0.207 e. The molecule has 0 aromatic heterocycles. The Kier molecular flexibility index (Phi) is 5.47. The molecule has 1 aromatic rings. The Morgan fingerprint density at radius 2 is 2.10 bits per heavy atom. The Morgan fingerprint density at radius 1 is 1.43 bits per heavy atom. The van der Waals surface area contributed by atoms with Crippen LogP contribution >= 0.6 is 35.0 Å². The number of sulfonamides is 1. The van der Waals surface area contributed by atoms with Crippen LogP contribution in [0.3, 0.4) is 0 Å². The minimum absolute atomic E-state index is 0.0924. The number of hydrogen-bond acceptors (Lipinski definition) is 3. The van der Waals surface area contributed by atoms with Gasteiger partial charge in [-0.1, -0.05) is 18.5 Å². The molecule has 21 heavy (non-hydrogen) atoms. The molecule has 1 aromatic carbocycles. The Hall–Kier alpha value is -0.0100. The number of hydrogen-bond donors (Lipinski definition) is 0. The summed E-state index contributed by atoms with van der Waals surface area (Å²) in [7, 11) is -3.93. The van der Waals surface area contributed by atoms with Crippen molar-refractivity contribution in [3.8, 4) is 0 Å². The molecule has 0 spiro atoms. The molecule has 1 aliphatic heterocycles. The maximum absolute atomic E-state index is 14.4. The van der Waals surface area contributed by atoms with Gasteiger partial charge < -0.3 is 0 Å². The Balaban J connectivity index is 2.51. The molecule has 2 atom stereocenters. The Morgan fingerprint density at radius 3 is 2.71 bits per heavy atom. The fourth-order valence-electron chi connectivity index (χ4n) is 2.27. The van der Waals surface area contributed by atoms with Crippen LogP contribution in [-0.2, 0) is 15.9 Å². The van der Waals surface area contributed by atoms with Gasteiger partial charge in [-0.3, -0.25) is 0 Å². The molecule has 0 amide bonds. The molecule has 2 unspecified atom stereocenters. The molecular weight excluding hydrogens is 356 g/mol. The van der Waals surface area contributed by atoms with E-state index in [1.54, 1.807) is 11.8 Å². The highest BCUT2D eigenvalue weighted by Gasteiger charge is 2.37. The van der Waals surface area contributed by atoms with Gasteiger partial charge in [0, 0.05) is 34.2 Å². The summed E-state index contributed by atoms with van der Waals surface area (Å²) in [4.78, 5) is -0.392. The summed E-state index contributed by atoms with van der Waals surface area (Å²) in [5, 5.41) is 0.320. The summed E-state index contributed by atoms with van der Waals surface area (Å²) >= 11 is 13.3. The van der Waals surface area contributed by atoms with Crippen LogP contribution in [-0.4, -0.2) is 36.3 Å². The first-order valence-corrected chi connectivity index (χ1v) is 9.86. The normalized spacial score (nSPS) is 24.2. The molecule has 0 saturated carbocycles. The monoisotopic (exact) mass is 371 g/mol. The molecule has 1 heterocycles. The van der Waals surface area contributed by atoms with Crippen molar-refractivity contribution < 1.29 is 12.8 Å². The number of thioether (sulfide) groups is 1. The predicted octanol–water partition coefficient (Wildman–Crippen LogP) is 3.73. The van der Waals surface area contributed by atoms with Crippen LogP contribution in [0.1, 0.15) is 19.4 Å². The highest BCUT2D eigenvalue weighted by molar-refractivity contribution is 8.00. The average Bonchev–Trinajstić information content (AvgIpc) is 2.43. The van der Waals surface area contributed by atoms with Crippen molar-refractivity contribution in [1.82, 2.24) is 4.31 Å². The van der Waals surface area contributed by atoms with E-state index in [0.29, 0.717) is 12.3 Å². The van der Waals surface area contributed by atoms with E-state index in [-0.39, 0.29) is 27.8 Å². The first kappa shape index (κ1) is 17.3. The molecule has 8 heteroatoms. The largest absolute Gasteiger partial charge is 0.246 e. The molecule has 2 rings (SSSR count). The summed E-state index contributed by atoms with van der Waals surface area (Å²) in [5.74, 6) is -0.251. The third-order valence-electron chi connectivity index (χ3n) is 3.64. The van der Waals surface area contributed by atoms with Crippen molar-refractivity contribution in [2.45, 2.75) is 35.9 Å². The summed E-state index contributed by atoms with van der Waals surface area (Å²) in [6, 6.07) is 2.30. The standard InChI is InChI=1S/C13H16Cl2FNO2S2/c1-8-9(2)20-4-3-17(8)21(18,19)12-6-11(15)5-10(7-14)13(12)16/h5-6,8-9H,3-4,7H2,1-2H3. The van der Waals surface area contributed by atoms with Crippen LogP contribution in [0.4, 0.5) is 4.39 Å². The first-order valence-electron chi connectivity index (χ1n) is 6.46. The fourth-order valence-corrected chi connectivity index (χ4v) is 5.90. The van der Waals surface area contributed by atoms with Crippen LogP contribution in [0.2, 0.25) is 5.02 Å². The quantitative estimate of drug-likeness (QED) is 0.759. The van der Waals surface area contributed by atoms with Crippen LogP contribution in [0, 0.1) is 5.82 Å². The van der Waals surface area contributed by atoms with Crippen molar-refractivity contribution in [1.29, 1.82) is 0 Å². The van der Waals surface area contributed by atoms with E-state index in [1.165, 1.54) is 10.4 Å². The van der Waals surface area contributed by atoms with Gasteiger partial charge in [0.1, 0.15) is 10.7 Å². The van der Waals surface area contributed by atoms with Gasteiger partial charge in [0.25, 0.3) is 0 Å². The molecule has 1 aliphatic rings. The molecular formula is C13H16Cl2FNO2S2. The van der Waals surface area contributed by atoms with E-state index in [4.69, 9.17) is 23.2 Å². The maximum atomic E-state index is 14.4. The third kappa shape index (κ3) is 3.34. The summed E-state index contributed by atoms with van der Waals surface area (Å²) < 4.78 is 41.2. The summed E-state index contributed by atoms with van der Waals surface area (Å²) in [6.07, 6.45) is 0. The van der Waals surface area contributed by atoms with E-state index >= 15 is 0 Å². The lowest BCUT2D eigenvalue weighted by Crippen LogP contribution is -2.48. The number of rotatable bonds is 3. The number of benzene rings is 1. The van der Waals surface area contributed by atoms with Crippen LogP contribution in [0.25, 0.3) is 0 Å². The number of alkyl halides is 1. The Bertz CT molecular complexity index is 639. The molecule has 118 valence electrons. The summed E-state index contributed by atoms with van der Waals surface area (Å²) in [5.41, 5.74) is 0.0924. The number of halogens is 3. The first-order chi connectivity index (χ1) is 9.78. The molecule has 3 nitrogen and oxygen atoms in total. The molecule has 1 fully saturated rings. The van der Waals surface area contributed by atoms with Crippen molar-refractivity contribution in [3.63, 3.8) is 0 Å². The minimum atomic E-state index is -3.93. The highest BCUT2D eigenvalue weighted by atomic mass is 35.5. The highest BCUT2D eigenvalue weighted by Crippen LogP contribution is 2.32. The second-order valence-electron chi connectivity index (χ2n) is 4.94. The third-order valence-corrected chi connectivity index (χ3v) is 7.47. The van der Waals surface area contributed by atoms with E-state index in [1.807, 2.05) is 13.8 Å². The van der Waals surface area contributed by atoms with E-state index in [9.17, 15) is 12.8 Å². The summed E-state index contributed by atoms with van der Waals surface area (Å²) in [6.45, 7) is 4.16. The van der Waals surface area contributed by atoms with Crippen molar-refractivity contribution in [2.24, 2.45) is 0 Å². The van der Waals surface area contributed by atoms with Gasteiger partial charge in [-0.25, -0.2) is 12.8 Å². The lowest BCUT2D eigenvalue weighted by Gasteiger charge is -2.36.